The standard InChI is InChI=1S/C20H21.C2H6Si.2ClH.Zr/c1-14(2)12-18-13-17-10-7-11-19(20(17)15(18)3)16-8-5-4-6-9-16;1-3-2;;;/h4-11,13-14H,12H2,1-3H3;1-2H3;2*1H;/q;;;;+2/p-2. The second-order valence-corrected chi connectivity index (χ2v) is 20.7. The number of rotatable bonds is 5. The van der Waals surface area contributed by atoms with Crippen LogP contribution in [0.5, 0.6) is 0 Å². The third kappa shape index (κ3) is 5.02. The van der Waals surface area contributed by atoms with Gasteiger partial charge in [-0.05, 0) is 0 Å². The number of fused-ring (bicyclic) bond motifs is 1. The molecular weight excluding hydrogens is 454 g/mol. The molecule has 137 valence electrons. The molecule has 0 N–H and O–H groups in total. The molecule has 1 unspecified atom stereocenters. The summed E-state index contributed by atoms with van der Waals surface area (Å²) in [5.41, 5.74) is 9.39. The molecule has 0 aliphatic heterocycles. The summed E-state index contributed by atoms with van der Waals surface area (Å²) in [6.07, 6.45) is 1.27. The third-order valence-corrected chi connectivity index (χ3v) is 13.6. The molecule has 0 nitrogen and oxygen atoms in total. The van der Waals surface area contributed by atoms with Crippen molar-refractivity contribution in [1.82, 2.24) is 0 Å². The van der Waals surface area contributed by atoms with Gasteiger partial charge in [0, 0.05) is 0 Å². The minimum atomic E-state index is -0.378. The normalized spacial score (nSPS) is 15.4. The Kier molecular flexibility index (Phi) is 9.57. The largest absolute Gasteiger partial charge is 1.00 e. The van der Waals surface area contributed by atoms with E-state index in [1.807, 2.05) is 0 Å². The maximum absolute atomic E-state index is 2.53. The topological polar surface area (TPSA) is 0 Å². The van der Waals surface area contributed by atoms with Crippen LogP contribution >= 0.6 is 0 Å². The quantitative estimate of drug-likeness (QED) is 0.548. The molecule has 1 atom stereocenters. The summed E-state index contributed by atoms with van der Waals surface area (Å²) in [4.78, 5) is 0. The molecule has 0 saturated carbocycles. The molecule has 4 heteroatoms. The van der Waals surface area contributed by atoms with Crippen molar-refractivity contribution in [1.29, 1.82) is 0 Å². The van der Waals surface area contributed by atoms with Gasteiger partial charge in [0.1, 0.15) is 0 Å². The zero-order valence-electron chi connectivity index (χ0n) is 16.2. The Morgan fingerprint density at radius 3 is 2.19 bits per heavy atom. The van der Waals surface area contributed by atoms with E-state index in [0.717, 1.165) is 9.54 Å². The van der Waals surface area contributed by atoms with Crippen LogP contribution in [-0.2, 0) is 22.4 Å². The molecule has 0 amide bonds. The molecular formula is C22H27Cl2SiZr. The van der Waals surface area contributed by atoms with Gasteiger partial charge in [-0.25, -0.2) is 0 Å². The average Bonchev–Trinajstić information content (AvgIpc) is 2.80. The predicted octanol–water partition coefficient (Wildman–Crippen LogP) is 0.570. The minimum Gasteiger partial charge on any atom is -1.00 e. The first-order valence-corrected chi connectivity index (χ1v) is 16.5. The maximum atomic E-state index is 2.53. The van der Waals surface area contributed by atoms with Crippen LogP contribution in [0.2, 0.25) is 13.1 Å². The minimum absolute atomic E-state index is 0. The summed E-state index contributed by atoms with van der Waals surface area (Å²) in [6, 6.07) is 18.0. The average molecular weight is 482 g/mol. The Bertz CT molecular complexity index is 754. The van der Waals surface area contributed by atoms with Crippen molar-refractivity contribution >= 4 is 11.5 Å². The summed E-state index contributed by atoms with van der Waals surface area (Å²) < 4.78 is 0.818. The second-order valence-electron chi connectivity index (χ2n) is 7.46. The Hall–Kier alpha value is -0.140. The molecule has 0 aromatic heterocycles. The summed E-state index contributed by atoms with van der Waals surface area (Å²) >= 11 is -0.378. The molecule has 0 spiro atoms. The van der Waals surface area contributed by atoms with Gasteiger partial charge in [0.2, 0.25) is 0 Å². The van der Waals surface area contributed by atoms with Gasteiger partial charge in [-0.3, -0.25) is 0 Å². The Balaban J connectivity index is 0.00000169. The first-order valence-electron chi connectivity index (χ1n) is 8.94. The predicted molar refractivity (Wildman–Crippen MR) is 104 cm³/mol. The number of hydrogen-bond donors (Lipinski definition) is 0. The van der Waals surface area contributed by atoms with Crippen molar-refractivity contribution in [3.8, 4) is 11.1 Å². The molecule has 0 fully saturated rings. The van der Waals surface area contributed by atoms with Crippen LogP contribution < -0.4 is 24.8 Å². The van der Waals surface area contributed by atoms with Gasteiger partial charge < -0.3 is 24.8 Å². The fraction of sp³-hybridized carbons (Fsp3) is 0.364. The fourth-order valence-corrected chi connectivity index (χ4v) is 12.8. The zero-order valence-corrected chi connectivity index (χ0v) is 21.2. The van der Waals surface area contributed by atoms with Crippen molar-refractivity contribution in [2.45, 2.75) is 43.9 Å². The van der Waals surface area contributed by atoms with Crippen LogP contribution in [0.1, 0.15) is 41.9 Å². The van der Waals surface area contributed by atoms with Crippen LogP contribution in [0.4, 0.5) is 0 Å². The van der Waals surface area contributed by atoms with E-state index in [-0.39, 0.29) is 53.1 Å². The Morgan fingerprint density at radius 2 is 1.62 bits per heavy atom. The van der Waals surface area contributed by atoms with Crippen LogP contribution in [0.3, 0.4) is 0 Å². The smallest absolute Gasteiger partial charge is 1.00 e. The van der Waals surface area contributed by atoms with Crippen LogP contribution in [0.15, 0.2) is 54.1 Å². The third-order valence-electron chi connectivity index (χ3n) is 4.76. The van der Waals surface area contributed by atoms with Gasteiger partial charge in [0.25, 0.3) is 0 Å². The summed E-state index contributed by atoms with van der Waals surface area (Å²) in [6.45, 7) is 12.2. The Labute approximate surface area is 183 Å². The fourth-order valence-electron chi connectivity index (χ4n) is 3.82. The number of benzene rings is 2. The van der Waals surface area contributed by atoms with E-state index < -0.39 is 0 Å². The van der Waals surface area contributed by atoms with Crippen LogP contribution in [-0.4, -0.2) is 5.92 Å². The van der Waals surface area contributed by atoms with E-state index in [1.54, 1.807) is 22.3 Å². The molecule has 1 aliphatic carbocycles. The maximum Gasteiger partial charge on any atom is -1.00 e. The van der Waals surface area contributed by atoms with Gasteiger partial charge in [-0.2, -0.15) is 0 Å². The Morgan fingerprint density at radius 1 is 0.962 bits per heavy atom. The van der Waals surface area contributed by atoms with Gasteiger partial charge in [-0.15, -0.1) is 0 Å². The number of hydrogen-bond acceptors (Lipinski definition) is 0. The van der Waals surface area contributed by atoms with E-state index in [9.17, 15) is 0 Å². The van der Waals surface area contributed by atoms with E-state index >= 15 is 0 Å². The molecule has 1 aliphatic rings. The van der Waals surface area contributed by atoms with Crippen molar-refractivity contribution in [3.05, 3.63) is 65.2 Å². The first-order chi connectivity index (χ1) is 11.5. The molecule has 26 heavy (non-hydrogen) atoms. The van der Waals surface area contributed by atoms with Crippen molar-refractivity contribution < 1.29 is 47.2 Å². The van der Waals surface area contributed by atoms with Gasteiger partial charge in [0.05, 0.1) is 0 Å². The molecule has 0 heterocycles. The zero-order chi connectivity index (χ0) is 17.3. The van der Waals surface area contributed by atoms with E-state index in [1.165, 1.54) is 17.5 Å². The van der Waals surface area contributed by atoms with Gasteiger partial charge in [0.15, 0.2) is 0 Å². The molecule has 0 saturated heterocycles. The molecule has 3 rings (SSSR count). The van der Waals surface area contributed by atoms with E-state index in [2.05, 4.69) is 82.4 Å². The monoisotopic (exact) mass is 479 g/mol. The van der Waals surface area contributed by atoms with E-state index in [4.69, 9.17) is 0 Å². The SMILES string of the molecule is CC1=C(CC(C)C)[CH]([Zr+2][Si](C)C)c2cccc(-c3ccccc3)c21.[Cl-].[Cl-]. The van der Waals surface area contributed by atoms with E-state index in [0.29, 0.717) is 0 Å². The van der Waals surface area contributed by atoms with Crippen LogP contribution in [0.25, 0.3) is 16.7 Å². The second kappa shape index (κ2) is 10.4. The first kappa shape index (κ1) is 23.9. The van der Waals surface area contributed by atoms with Gasteiger partial charge in [-0.1, -0.05) is 0 Å². The molecule has 0 bridgehead atoms. The van der Waals surface area contributed by atoms with Crippen LogP contribution in [0, 0.1) is 5.92 Å². The molecule has 2 aromatic rings. The molecule has 1 radical (unpaired) electrons. The molecule has 2 aromatic carbocycles. The van der Waals surface area contributed by atoms with Crippen molar-refractivity contribution in [2.24, 2.45) is 5.92 Å². The number of halogens is 2. The number of allylic oxidation sites excluding steroid dienone is 2. The van der Waals surface area contributed by atoms with Crippen molar-refractivity contribution in [3.63, 3.8) is 0 Å². The van der Waals surface area contributed by atoms with Crippen molar-refractivity contribution in [2.75, 3.05) is 0 Å². The summed E-state index contributed by atoms with van der Waals surface area (Å²) in [5.74, 6) is 0.655. The summed E-state index contributed by atoms with van der Waals surface area (Å²) in [7, 11) is 0. The van der Waals surface area contributed by atoms with Gasteiger partial charge >= 0.3 is 160 Å². The summed E-state index contributed by atoms with van der Waals surface area (Å²) in [5, 5.41) is 0.